The predicted molar refractivity (Wildman–Crippen MR) is 177 cm³/mol. The highest BCUT2D eigenvalue weighted by atomic mass is 16.5. The molecule has 8 N–H and O–H groups in total. The van der Waals surface area contributed by atoms with E-state index in [-0.39, 0.29) is 0 Å². The van der Waals surface area contributed by atoms with Gasteiger partial charge in [-0.25, -0.2) is 0 Å². The molecule has 0 saturated carbocycles. The molecule has 6 aromatic carbocycles. The molecule has 44 heavy (non-hydrogen) atoms. The van der Waals surface area contributed by atoms with E-state index in [1.165, 1.54) is 0 Å². The largest absolute Gasteiger partial charge is 0.457 e. The van der Waals surface area contributed by atoms with E-state index >= 15 is 0 Å². The summed E-state index contributed by atoms with van der Waals surface area (Å²) in [7, 11) is 0. The number of hydrogen-bond acceptors (Lipinski definition) is 8. The minimum atomic E-state index is 0.629. The lowest BCUT2D eigenvalue weighted by Gasteiger charge is -2.12. The van der Waals surface area contributed by atoms with Crippen molar-refractivity contribution in [2.75, 3.05) is 22.9 Å². The normalized spacial score (nSPS) is 10.2. The topological polar surface area (TPSA) is 141 Å². The molecule has 0 aromatic heterocycles. The molecule has 8 heteroatoms. The van der Waals surface area contributed by atoms with E-state index in [9.17, 15) is 0 Å². The smallest absolute Gasteiger partial charge is 0.169 e. The zero-order chi connectivity index (χ0) is 30.7. The molecule has 0 aliphatic rings. The molecular weight excluding hydrogens is 552 g/mol. The standard InChI is InChI=1S/2C18H16N2O2/c19-13-4-8-15(9-5-13)21-17-2-1-3-18(12-17)22-16-10-6-14(20)7-11-16;19-13-5-9-15(10-6-13)21-17-3-1-2-4-18(17)22-16-11-7-14(20)8-12-16/h2*1-12H,19-20H2. The van der Waals surface area contributed by atoms with Crippen LogP contribution in [0.3, 0.4) is 0 Å². The van der Waals surface area contributed by atoms with Crippen LogP contribution in [-0.4, -0.2) is 0 Å². The van der Waals surface area contributed by atoms with Gasteiger partial charge in [0, 0.05) is 28.8 Å². The molecule has 220 valence electrons. The van der Waals surface area contributed by atoms with Crippen LogP contribution >= 0.6 is 0 Å². The summed E-state index contributed by atoms with van der Waals surface area (Å²) in [6.45, 7) is 0. The maximum absolute atomic E-state index is 5.86. The zero-order valence-corrected chi connectivity index (χ0v) is 23.8. The molecule has 0 fully saturated rings. The van der Waals surface area contributed by atoms with Gasteiger partial charge in [0.05, 0.1) is 0 Å². The molecule has 0 spiro atoms. The van der Waals surface area contributed by atoms with Crippen molar-refractivity contribution in [1.82, 2.24) is 0 Å². The highest BCUT2D eigenvalue weighted by Crippen LogP contribution is 2.35. The summed E-state index contributed by atoms with van der Waals surface area (Å²) < 4.78 is 23.3. The average Bonchev–Trinajstić information content (AvgIpc) is 3.03. The maximum atomic E-state index is 5.86. The molecule has 0 bridgehead atoms. The Labute approximate surface area is 256 Å². The van der Waals surface area contributed by atoms with Gasteiger partial charge in [0.2, 0.25) is 0 Å². The first kappa shape index (κ1) is 29.2. The second-order valence-electron chi connectivity index (χ2n) is 9.61. The number of nitrogens with two attached hydrogens (primary N) is 4. The van der Waals surface area contributed by atoms with Crippen molar-refractivity contribution >= 4 is 22.7 Å². The van der Waals surface area contributed by atoms with E-state index in [4.69, 9.17) is 41.9 Å². The summed E-state index contributed by atoms with van der Waals surface area (Å²) in [4.78, 5) is 0. The molecule has 6 rings (SSSR count). The molecule has 0 heterocycles. The number of benzene rings is 6. The van der Waals surface area contributed by atoms with Gasteiger partial charge in [0.25, 0.3) is 0 Å². The van der Waals surface area contributed by atoms with Crippen LogP contribution in [0.25, 0.3) is 0 Å². The van der Waals surface area contributed by atoms with Crippen molar-refractivity contribution in [3.8, 4) is 46.0 Å². The molecule has 6 aromatic rings. The van der Waals surface area contributed by atoms with Crippen molar-refractivity contribution in [2.24, 2.45) is 0 Å². The second kappa shape index (κ2) is 14.1. The van der Waals surface area contributed by atoms with Gasteiger partial charge in [0.1, 0.15) is 34.5 Å². The van der Waals surface area contributed by atoms with Crippen molar-refractivity contribution < 1.29 is 18.9 Å². The van der Waals surface area contributed by atoms with Crippen LogP contribution in [0.5, 0.6) is 46.0 Å². The molecule has 0 radical (unpaired) electrons. The predicted octanol–water partition coefficient (Wildman–Crippen LogP) is 8.87. The molecule has 0 atom stereocenters. The van der Waals surface area contributed by atoms with Crippen LogP contribution in [0.2, 0.25) is 0 Å². The van der Waals surface area contributed by atoms with Gasteiger partial charge < -0.3 is 41.9 Å². The lowest BCUT2D eigenvalue weighted by atomic mass is 10.3. The van der Waals surface area contributed by atoms with Crippen LogP contribution in [0, 0.1) is 0 Å². The summed E-state index contributed by atoms with van der Waals surface area (Å²) >= 11 is 0. The van der Waals surface area contributed by atoms with Crippen LogP contribution in [0.1, 0.15) is 0 Å². The Morgan fingerprint density at radius 1 is 0.273 bits per heavy atom. The fraction of sp³-hybridized carbons (Fsp3) is 0. The van der Waals surface area contributed by atoms with Gasteiger partial charge in [-0.15, -0.1) is 0 Å². The Balaban J connectivity index is 0.000000175. The molecule has 0 saturated heterocycles. The Morgan fingerprint density at radius 2 is 0.568 bits per heavy atom. The summed E-state index contributed by atoms with van der Waals surface area (Å²) in [5.41, 5.74) is 25.5. The van der Waals surface area contributed by atoms with E-state index in [1.807, 2.05) is 97.1 Å². The third-order valence-corrected chi connectivity index (χ3v) is 6.10. The Morgan fingerprint density at radius 3 is 0.886 bits per heavy atom. The number of para-hydroxylation sites is 2. The minimum absolute atomic E-state index is 0.629. The van der Waals surface area contributed by atoms with Gasteiger partial charge in [-0.05, 0) is 121 Å². The SMILES string of the molecule is Nc1ccc(Oc2cccc(Oc3ccc(N)cc3)c2)cc1.Nc1ccc(Oc2ccccc2Oc2ccc(N)cc2)cc1. The quantitative estimate of drug-likeness (QED) is 0.130. The monoisotopic (exact) mass is 584 g/mol. The van der Waals surface area contributed by atoms with Crippen molar-refractivity contribution in [1.29, 1.82) is 0 Å². The highest BCUT2D eigenvalue weighted by Gasteiger charge is 2.07. The summed E-state index contributed by atoms with van der Waals surface area (Å²) in [6, 6.07) is 43.8. The molecule has 0 amide bonds. The van der Waals surface area contributed by atoms with E-state index < -0.39 is 0 Å². The van der Waals surface area contributed by atoms with Crippen molar-refractivity contribution in [3.63, 3.8) is 0 Å². The molecule has 8 nitrogen and oxygen atoms in total. The van der Waals surface area contributed by atoms with Crippen LogP contribution < -0.4 is 41.9 Å². The summed E-state index contributed by atoms with van der Waals surface area (Å²) in [5, 5.41) is 0. The summed E-state index contributed by atoms with van der Waals surface area (Å²) in [6.07, 6.45) is 0. The van der Waals surface area contributed by atoms with E-state index in [0.717, 1.165) is 11.5 Å². The van der Waals surface area contributed by atoms with Crippen LogP contribution in [0.4, 0.5) is 22.7 Å². The number of nitrogen functional groups attached to an aromatic ring is 4. The highest BCUT2D eigenvalue weighted by molar-refractivity contribution is 5.49. The van der Waals surface area contributed by atoms with Crippen molar-refractivity contribution in [2.45, 2.75) is 0 Å². The van der Waals surface area contributed by atoms with Crippen LogP contribution in [-0.2, 0) is 0 Å². The van der Waals surface area contributed by atoms with Gasteiger partial charge in [-0.1, -0.05) is 18.2 Å². The first-order chi connectivity index (χ1) is 21.4. The molecular formula is C36H32N4O4. The summed E-state index contributed by atoms with van der Waals surface area (Å²) in [5.74, 6) is 5.48. The van der Waals surface area contributed by atoms with E-state index in [1.54, 1.807) is 48.5 Å². The number of rotatable bonds is 8. The second-order valence-corrected chi connectivity index (χ2v) is 9.61. The Kier molecular flexibility index (Phi) is 9.34. The molecule has 0 unspecified atom stereocenters. The Hall–Kier alpha value is -6.28. The number of hydrogen-bond donors (Lipinski definition) is 4. The number of anilines is 4. The van der Waals surface area contributed by atoms with Gasteiger partial charge >= 0.3 is 0 Å². The van der Waals surface area contributed by atoms with E-state index in [2.05, 4.69) is 0 Å². The lowest BCUT2D eigenvalue weighted by molar-refractivity contribution is 0.419. The fourth-order valence-corrected chi connectivity index (χ4v) is 3.89. The third kappa shape index (κ3) is 8.61. The number of ether oxygens (including phenoxy) is 4. The van der Waals surface area contributed by atoms with Gasteiger partial charge in [0.15, 0.2) is 11.5 Å². The molecule has 0 aliphatic carbocycles. The molecule has 0 aliphatic heterocycles. The third-order valence-electron chi connectivity index (χ3n) is 6.10. The fourth-order valence-electron chi connectivity index (χ4n) is 3.89. The van der Waals surface area contributed by atoms with Crippen molar-refractivity contribution in [3.05, 3.63) is 146 Å². The first-order valence-corrected chi connectivity index (χ1v) is 13.7. The van der Waals surface area contributed by atoms with Crippen LogP contribution in [0.15, 0.2) is 146 Å². The minimum Gasteiger partial charge on any atom is -0.457 e. The first-order valence-electron chi connectivity index (χ1n) is 13.7. The Bertz CT molecular complexity index is 1650. The lowest BCUT2D eigenvalue weighted by Crippen LogP contribution is -1.91. The average molecular weight is 585 g/mol. The maximum Gasteiger partial charge on any atom is 0.169 e. The van der Waals surface area contributed by atoms with Gasteiger partial charge in [-0.3, -0.25) is 0 Å². The zero-order valence-electron chi connectivity index (χ0n) is 23.8. The van der Waals surface area contributed by atoms with Gasteiger partial charge in [-0.2, -0.15) is 0 Å². The van der Waals surface area contributed by atoms with E-state index in [0.29, 0.717) is 57.2 Å².